The fraction of sp³-hybridized carbons (Fsp3) is 0.600. The number of aryl methyl sites for hydroxylation is 1. The van der Waals surface area contributed by atoms with Gasteiger partial charge in [0.05, 0.1) is 25.3 Å². The standard InChI is InChI=1S/C40H56N2O6Si/c1-26-20-33(45-8)32(31-17-19-41(34(26)31)36(44)47-37(2,3)4)24-42-29-16-18-40(42,28-14-12-27(13-15-28)35(43)46-9)25-39(21-29)22-30(23-39)48-49(10,11)38(5,6)7/h12-15,17,19-20,29-30H,16,18,21-25H2,1-11H3. The number of hydrogen-bond donors (Lipinski definition) is 0. The second kappa shape index (κ2) is 12.3. The Morgan fingerprint density at radius 2 is 1.65 bits per heavy atom. The van der Waals surface area contributed by atoms with E-state index in [4.69, 9.17) is 18.6 Å². The zero-order valence-corrected chi connectivity index (χ0v) is 32.5. The Morgan fingerprint density at radius 1 is 0.980 bits per heavy atom. The van der Waals surface area contributed by atoms with Crippen LogP contribution in [0.5, 0.6) is 5.75 Å². The lowest BCUT2D eigenvalue weighted by atomic mass is 9.56. The molecule has 266 valence electrons. The van der Waals surface area contributed by atoms with Crippen molar-refractivity contribution in [2.24, 2.45) is 5.41 Å². The fourth-order valence-corrected chi connectivity index (χ4v) is 10.2. The summed E-state index contributed by atoms with van der Waals surface area (Å²) in [5, 5.41) is 1.19. The molecule has 1 aromatic heterocycles. The monoisotopic (exact) mass is 688 g/mol. The predicted octanol–water partition coefficient (Wildman–Crippen LogP) is 9.35. The molecule has 3 fully saturated rings. The van der Waals surface area contributed by atoms with Crippen molar-refractivity contribution in [3.8, 4) is 5.75 Å². The number of rotatable bonds is 7. The van der Waals surface area contributed by atoms with Gasteiger partial charge in [-0.2, -0.15) is 0 Å². The van der Waals surface area contributed by atoms with Gasteiger partial charge >= 0.3 is 12.1 Å². The highest BCUT2D eigenvalue weighted by molar-refractivity contribution is 6.74. The lowest BCUT2D eigenvalue weighted by Gasteiger charge is -2.60. The van der Waals surface area contributed by atoms with Gasteiger partial charge in [0.15, 0.2) is 8.32 Å². The third-order valence-electron chi connectivity index (χ3n) is 12.0. The molecule has 0 N–H and O–H groups in total. The largest absolute Gasteiger partial charge is 0.496 e. The smallest absolute Gasteiger partial charge is 0.419 e. The molecule has 0 radical (unpaired) electrons. The second-order valence-corrected chi connectivity index (χ2v) is 22.3. The molecule has 2 unspecified atom stereocenters. The van der Waals surface area contributed by atoms with E-state index >= 15 is 0 Å². The summed E-state index contributed by atoms with van der Waals surface area (Å²) >= 11 is 0. The Balaban J connectivity index is 1.38. The first-order valence-corrected chi connectivity index (χ1v) is 20.8. The maximum Gasteiger partial charge on any atom is 0.419 e. The maximum absolute atomic E-state index is 13.3. The van der Waals surface area contributed by atoms with Crippen LogP contribution in [0.1, 0.15) is 107 Å². The zero-order valence-electron chi connectivity index (χ0n) is 31.5. The fourth-order valence-electron chi connectivity index (χ4n) is 8.81. The van der Waals surface area contributed by atoms with Crippen molar-refractivity contribution in [1.29, 1.82) is 0 Å². The van der Waals surface area contributed by atoms with Gasteiger partial charge in [0.25, 0.3) is 0 Å². The number of hydrogen-bond acceptors (Lipinski definition) is 7. The van der Waals surface area contributed by atoms with Crippen LogP contribution in [-0.4, -0.2) is 61.8 Å². The number of piperidine rings is 1. The first kappa shape index (κ1) is 35.7. The van der Waals surface area contributed by atoms with Crippen LogP contribution >= 0.6 is 0 Å². The topological polar surface area (TPSA) is 79.2 Å². The molecule has 3 aliphatic rings. The van der Waals surface area contributed by atoms with Crippen LogP contribution in [-0.2, 0) is 26.0 Å². The Hall–Kier alpha value is -3.14. The van der Waals surface area contributed by atoms with Crippen LogP contribution in [0.4, 0.5) is 4.79 Å². The van der Waals surface area contributed by atoms with Crippen LogP contribution in [0.2, 0.25) is 18.1 Å². The van der Waals surface area contributed by atoms with Gasteiger partial charge in [0.1, 0.15) is 11.4 Å². The van der Waals surface area contributed by atoms with Crippen LogP contribution < -0.4 is 4.74 Å². The zero-order chi connectivity index (χ0) is 35.7. The maximum atomic E-state index is 13.3. The summed E-state index contributed by atoms with van der Waals surface area (Å²) < 4.78 is 25.4. The second-order valence-electron chi connectivity index (χ2n) is 17.5. The summed E-state index contributed by atoms with van der Waals surface area (Å²) in [5.74, 6) is 0.505. The Kier molecular flexibility index (Phi) is 8.93. The van der Waals surface area contributed by atoms with Crippen molar-refractivity contribution < 1.29 is 28.2 Å². The lowest BCUT2D eigenvalue weighted by Crippen LogP contribution is -2.60. The Morgan fingerprint density at radius 3 is 2.24 bits per heavy atom. The molecule has 1 spiro atoms. The number of benzene rings is 2. The number of ether oxygens (including phenoxy) is 3. The molecule has 1 aliphatic carbocycles. The highest BCUT2D eigenvalue weighted by Gasteiger charge is 2.61. The van der Waals surface area contributed by atoms with Gasteiger partial charge in [-0.3, -0.25) is 9.47 Å². The molecule has 3 heterocycles. The van der Waals surface area contributed by atoms with Gasteiger partial charge in [-0.15, -0.1) is 0 Å². The van der Waals surface area contributed by atoms with Crippen LogP contribution in [0.25, 0.3) is 10.9 Å². The number of carbonyl (C=O) groups excluding carboxylic acids is 2. The molecule has 9 heteroatoms. The molecular formula is C40H56N2O6Si. The average Bonchev–Trinajstić information content (AvgIpc) is 3.54. The van der Waals surface area contributed by atoms with Gasteiger partial charge < -0.3 is 18.6 Å². The minimum Gasteiger partial charge on any atom is -0.496 e. The van der Waals surface area contributed by atoms with Crippen molar-refractivity contribution in [2.75, 3.05) is 14.2 Å². The summed E-state index contributed by atoms with van der Waals surface area (Å²) in [7, 11) is 1.29. The molecule has 1 saturated carbocycles. The molecule has 2 aliphatic heterocycles. The first-order valence-electron chi connectivity index (χ1n) is 17.9. The summed E-state index contributed by atoms with van der Waals surface area (Å²) in [6.45, 7) is 20.0. The van der Waals surface area contributed by atoms with Gasteiger partial charge in [-0.05, 0) is 125 Å². The summed E-state index contributed by atoms with van der Waals surface area (Å²) in [6, 6.07) is 12.6. The van der Waals surface area contributed by atoms with E-state index in [2.05, 4.69) is 57.0 Å². The van der Waals surface area contributed by atoms with Gasteiger partial charge in [-0.1, -0.05) is 32.9 Å². The SMILES string of the molecule is COC(=O)c1ccc(C23CCC(CC4(CC(O[Si](C)(C)C(C)(C)C)C4)C2)N3Cc2c(OC)cc(C)c3c2ccn3C(=O)OC(C)(C)C)cc1. The lowest BCUT2D eigenvalue weighted by molar-refractivity contribution is -0.116. The van der Waals surface area contributed by atoms with E-state index in [1.165, 1.54) is 12.7 Å². The molecule has 2 bridgehead atoms. The van der Waals surface area contributed by atoms with Crippen LogP contribution in [0.3, 0.4) is 0 Å². The van der Waals surface area contributed by atoms with E-state index in [1.807, 2.05) is 52.1 Å². The minimum absolute atomic E-state index is 0.182. The summed E-state index contributed by atoms with van der Waals surface area (Å²) in [4.78, 5) is 28.4. The molecule has 3 aromatic rings. The molecule has 2 saturated heterocycles. The predicted molar refractivity (Wildman–Crippen MR) is 196 cm³/mol. The van der Waals surface area contributed by atoms with E-state index < -0.39 is 13.9 Å². The third-order valence-corrected chi connectivity index (χ3v) is 16.6. The van der Waals surface area contributed by atoms with Gasteiger partial charge in [0, 0.05) is 41.4 Å². The van der Waals surface area contributed by atoms with Crippen LogP contribution in [0.15, 0.2) is 42.6 Å². The summed E-state index contributed by atoms with van der Waals surface area (Å²) in [5.41, 5.74) is 4.10. The minimum atomic E-state index is -1.87. The number of fused-ring (bicyclic) bond motifs is 3. The van der Waals surface area contributed by atoms with E-state index in [1.54, 1.807) is 11.7 Å². The average molecular weight is 689 g/mol. The molecular weight excluding hydrogens is 633 g/mol. The van der Waals surface area contributed by atoms with Crippen molar-refractivity contribution in [2.45, 2.75) is 135 Å². The number of aromatic nitrogens is 1. The van der Waals surface area contributed by atoms with Gasteiger partial charge in [0.2, 0.25) is 0 Å². The molecule has 8 nitrogen and oxygen atoms in total. The van der Waals surface area contributed by atoms with Crippen molar-refractivity contribution >= 4 is 31.3 Å². The van der Waals surface area contributed by atoms with Crippen molar-refractivity contribution in [3.63, 3.8) is 0 Å². The van der Waals surface area contributed by atoms with Crippen molar-refractivity contribution in [3.05, 3.63) is 64.8 Å². The normalized spacial score (nSPS) is 25.8. The number of nitrogens with zero attached hydrogens (tertiary/aromatic N) is 2. The van der Waals surface area contributed by atoms with Gasteiger partial charge in [-0.25, -0.2) is 9.59 Å². The number of carbonyl (C=O) groups is 2. The van der Waals surface area contributed by atoms with E-state index in [9.17, 15) is 9.59 Å². The van der Waals surface area contributed by atoms with E-state index in [0.29, 0.717) is 24.3 Å². The van der Waals surface area contributed by atoms with Crippen LogP contribution in [0, 0.1) is 12.3 Å². The highest BCUT2D eigenvalue weighted by atomic mass is 28.4. The molecule has 0 amide bonds. The number of methoxy groups -OCH3 is 2. The molecule has 2 atom stereocenters. The third kappa shape index (κ3) is 6.36. The van der Waals surface area contributed by atoms with Crippen molar-refractivity contribution in [1.82, 2.24) is 9.47 Å². The number of esters is 1. The molecule has 49 heavy (non-hydrogen) atoms. The molecule has 6 rings (SSSR count). The first-order chi connectivity index (χ1) is 22.8. The Bertz CT molecular complexity index is 1740. The van der Waals surface area contributed by atoms with E-state index in [-0.39, 0.29) is 28.1 Å². The molecule has 2 aromatic carbocycles. The quantitative estimate of drug-likeness (QED) is 0.181. The highest BCUT2D eigenvalue weighted by Crippen LogP contribution is 2.64. The summed E-state index contributed by atoms with van der Waals surface area (Å²) in [6.07, 6.45) is 8.28. The Labute approximate surface area is 293 Å². The van der Waals surface area contributed by atoms with E-state index in [0.717, 1.165) is 66.3 Å².